The molecule has 4 aromatic rings. The van der Waals surface area contributed by atoms with Crippen LogP contribution in [0.2, 0.25) is 0 Å². The Labute approximate surface area is 154 Å². The molecule has 2 aromatic carbocycles. The first-order chi connectivity index (χ1) is 13.1. The molecule has 1 amide bonds. The Hall–Kier alpha value is -3.80. The largest absolute Gasteiger partial charge is 0.350 e. The Morgan fingerprint density at radius 1 is 1.11 bits per heavy atom. The van der Waals surface area contributed by atoms with E-state index in [-0.39, 0.29) is 11.0 Å². The zero-order valence-electron chi connectivity index (χ0n) is 14.6. The van der Waals surface area contributed by atoms with Crippen molar-refractivity contribution in [2.45, 2.75) is 0 Å². The van der Waals surface area contributed by atoms with E-state index in [1.807, 2.05) is 42.5 Å². The Balaban J connectivity index is 1.63. The van der Waals surface area contributed by atoms with Gasteiger partial charge in [0.1, 0.15) is 5.56 Å². The van der Waals surface area contributed by atoms with Gasteiger partial charge < -0.3 is 4.57 Å². The molecule has 27 heavy (non-hydrogen) atoms. The predicted octanol–water partition coefficient (Wildman–Crippen LogP) is 2.85. The van der Waals surface area contributed by atoms with Crippen LogP contribution in [0.4, 0.5) is 0 Å². The number of rotatable bonds is 3. The number of carbonyl (C=O) groups is 1. The van der Waals surface area contributed by atoms with Crippen molar-refractivity contribution >= 4 is 33.9 Å². The molecule has 0 spiro atoms. The third-order valence-corrected chi connectivity index (χ3v) is 4.37. The van der Waals surface area contributed by atoms with Crippen molar-refractivity contribution in [2.75, 3.05) is 0 Å². The fourth-order valence-electron chi connectivity index (χ4n) is 3.05. The van der Waals surface area contributed by atoms with Crippen molar-refractivity contribution in [2.24, 2.45) is 12.1 Å². The van der Waals surface area contributed by atoms with Crippen LogP contribution in [-0.2, 0) is 7.05 Å². The normalized spacial score (nSPS) is 11.3. The number of amides is 1. The lowest BCUT2D eigenvalue weighted by Gasteiger charge is -2.07. The molecule has 1 N–H and O–H groups in total. The summed E-state index contributed by atoms with van der Waals surface area (Å²) in [4.78, 5) is 29.4. The van der Waals surface area contributed by atoms with Gasteiger partial charge in [-0.3, -0.25) is 14.6 Å². The molecule has 0 aliphatic rings. The van der Waals surface area contributed by atoms with E-state index >= 15 is 0 Å². The molecule has 0 saturated carbocycles. The average molecular weight is 356 g/mol. The number of para-hydroxylation sites is 2. The molecule has 0 atom stereocenters. The number of hydrogen-bond donors (Lipinski definition) is 1. The summed E-state index contributed by atoms with van der Waals surface area (Å²) >= 11 is 0. The summed E-state index contributed by atoms with van der Waals surface area (Å²) in [5.41, 5.74) is 4.50. The lowest BCUT2D eigenvalue weighted by atomic mass is 10.1. The second-order valence-electron chi connectivity index (χ2n) is 6.12. The van der Waals surface area contributed by atoms with Gasteiger partial charge in [-0.15, -0.1) is 0 Å². The van der Waals surface area contributed by atoms with E-state index in [2.05, 4.69) is 15.5 Å². The van der Waals surface area contributed by atoms with Gasteiger partial charge in [-0.05, 0) is 18.2 Å². The molecule has 0 saturated heterocycles. The molecule has 0 unspecified atom stereocenters. The average Bonchev–Trinajstić information content (AvgIpc) is 2.71. The second-order valence-corrected chi connectivity index (χ2v) is 6.12. The third kappa shape index (κ3) is 3.08. The van der Waals surface area contributed by atoms with Gasteiger partial charge in [-0.1, -0.05) is 36.4 Å². The summed E-state index contributed by atoms with van der Waals surface area (Å²) in [6.45, 7) is 0. The van der Waals surface area contributed by atoms with Crippen LogP contribution in [0.1, 0.15) is 15.9 Å². The number of nitrogens with zero attached hydrogens (tertiary/aromatic N) is 3. The van der Waals surface area contributed by atoms with Crippen molar-refractivity contribution in [3.05, 3.63) is 88.3 Å². The maximum absolute atomic E-state index is 12.6. The molecule has 2 heterocycles. The molecule has 0 radical (unpaired) electrons. The fraction of sp³-hybridized carbons (Fsp3) is 0.0476. The van der Waals surface area contributed by atoms with Gasteiger partial charge in [-0.25, -0.2) is 5.43 Å². The lowest BCUT2D eigenvalue weighted by molar-refractivity contribution is 0.0953. The SMILES string of the molecule is Cn1cc(C(=O)NN=Cc2cccc3cccnc23)c(=O)c2ccccc21. The molecule has 6 heteroatoms. The molecule has 0 aliphatic heterocycles. The summed E-state index contributed by atoms with van der Waals surface area (Å²) in [6, 6.07) is 16.7. The molecule has 4 rings (SSSR count). The van der Waals surface area contributed by atoms with E-state index in [0.717, 1.165) is 22.0 Å². The van der Waals surface area contributed by atoms with Crippen LogP contribution in [-0.4, -0.2) is 21.7 Å². The predicted molar refractivity (Wildman–Crippen MR) is 106 cm³/mol. The van der Waals surface area contributed by atoms with Crippen molar-refractivity contribution in [3.8, 4) is 0 Å². The van der Waals surface area contributed by atoms with E-state index in [9.17, 15) is 9.59 Å². The third-order valence-electron chi connectivity index (χ3n) is 4.37. The Morgan fingerprint density at radius 2 is 1.93 bits per heavy atom. The Kier molecular flexibility index (Phi) is 4.22. The zero-order chi connectivity index (χ0) is 18.8. The number of nitrogens with one attached hydrogen (secondary N) is 1. The molecule has 0 fully saturated rings. The van der Waals surface area contributed by atoms with Crippen LogP contribution >= 0.6 is 0 Å². The maximum Gasteiger partial charge on any atom is 0.276 e. The van der Waals surface area contributed by atoms with Crippen molar-refractivity contribution < 1.29 is 4.79 Å². The molecule has 6 nitrogen and oxygen atoms in total. The first-order valence-electron chi connectivity index (χ1n) is 8.40. The van der Waals surface area contributed by atoms with E-state index in [1.165, 1.54) is 12.4 Å². The quantitative estimate of drug-likeness (QED) is 0.453. The van der Waals surface area contributed by atoms with E-state index < -0.39 is 5.91 Å². The van der Waals surface area contributed by atoms with Gasteiger partial charge in [0.15, 0.2) is 0 Å². The number of benzene rings is 2. The molecule has 0 bridgehead atoms. The summed E-state index contributed by atoms with van der Waals surface area (Å²) in [5.74, 6) is -0.550. The van der Waals surface area contributed by atoms with Crippen LogP contribution in [0.25, 0.3) is 21.8 Å². The van der Waals surface area contributed by atoms with Crippen molar-refractivity contribution in [3.63, 3.8) is 0 Å². The minimum atomic E-state index is -0.550. The standard InChI is InChI=1S/C21H16N4O2/c1-25-13-17(20(26)16-9-2-3-10-18(16)25)21(27)24-23-12-15-7-4-6-14-8-5-11-22-19(14)15/h2-13H,1H3,(H,24,27). The van der Waals surface area contributed by atoms with Crippen molar-refractivity contribution in [1.82, 2.24) is 15.0 Å². The maximum atomic E-state index is 12.6. The highest BCUT2D eigenvalue weighted by molar-refractivity contribution is 6.00. The highest BCUT2D eigenvalue weighted by Crippen LogP contribution is 2.14. The van der Waals surface area contributed by atoms with Gasteiger partial charge in [0, 0.05) is 35.8 Å². The number of aromatic nitrogens is 2. The molecule has 0 aliphatic carbocycles. The van der Waals surface area contributed by atoms with Crippen LogP contribution in [0.5, 0.6) is 0 Å². The second kappa shape index (κ2) is 6.84. The van der Waals surface area contributed by atoms with Gasteiger partial charge in [0.05, 0.1) is 17.2 Å². The highest BCUT2D eigenvalue weighted by Gasteiger charge is 2.13. The zero-order valence-corrected chi connectivity index (χ0v) is 14.6. The number of aryl methyl sites for hydroxylation is 1. The van der Waals surface area contributed by atoms with Crippen LogP contribution in [0.15, 0.2) is 76.9 Å². The number of fused-ring (bicyclic) bond motifs is 2. The van der Waals surface area contributed by atoms with Crippen LogP contribution in [0, 0.1) is 0 Å². The summed E-state index contributed by atoms with van der Waals surface area (Å²) in [7, 11) is 1.80. The first-order valence-corrected chi connectivity index (χ1v) is 8.40. The topological polar surface area (TPSA) is 76.3 Å². The van der Waals surface area contributed by atoms with Gasteiger partial charge in [0.2, 0.25) is 5.43 Å². The fourth-order valence-corrected chi connectivity index (χ4v) is 3.05. The minimum absolute atomic E-state index is 0.0457. The number of hydrogen-bond acceptors (Lipinski definition) is 4. The minimum Gasteiger partial charge on any atom is -0.350 e. The lowest BCUT2D eigenvalue weighted by Crippen LogP contribution is -2.26. The summed E-state index contributed by atoms with van der Waals surface area (Å²) in [5, 5.41) is 5.48. The number of pyridine rings is 2. The first kappa shape index (κ1) is 16.7. The Morgan fingerprint density at radius 3 is 2.81 bits per heavy atom. The summed E-state index contributed by atoms with van der Waals surface area (Å²) in [6.07, 6.45) is 4.75. The molecule has 132 valence electrons. The van der Waals surface area contributed by atoms with Gasteiger partial charge >= 0.3 is 0 Å². The Bertz CT molecular complexity index is 1250. The smallest absolute Gasteiger partial charge is 0.276 e. The monoisotopic (exact) mass is 356 g/mol. The molecular weight excluding hydrogens is 340 g/mol. The van der Waals surface area contributed by atoms with Crippen LogP contribution in [0.3, 0.4) is 0 Å². The van der Waals surface area contributed by atoms with Gasteiger partial charge in [-0.2, -0.15) is 5.10 Å². The number of hydrazone groups is 1. The van der Waals surface area contributed by atoms with E-state index in [1.54, 1.807) is 29.9 Å². The highest BCUT2D eigenvalue weighted by atomic mass is 16.2. The van der Waals surface area contributed by atoms with E-state index in [0.29, 0.717) is 5.39 Å². The molecular formula is C21H16N4O2. The van der Waals surface area contributed by atoms with Crippen molar-refractivity contribution in [1.29, 1.82) is 0 Å². The number of carbonyl (C=O) groups excluding carboxylic acids is 1. The van der Waals surface area contributed by atoms with Gasteiger partial charge in [0.25, 0.3) is 5.91 Å². The summed E-state index contributed by atoms with van der Waals surface area (Å²) < 4.78 is 1.75. The van der Waals surface area contributed by atoms with Crippen LogP contribution < -0.4 is 10.9 Å². The molecule has 2 aromatic heterocycles. The van der Waals surface area contributed by atoms with E-state index in [4.69, 9.17) is 0 Å².